The molecule has 5 rings (SSSR count). The number of hydrogen-bond acceptors (Lipinski definition) is 5. The first kappa shape index (κ1) is 24.1. The van der Waals surface area contributed by atoms with Crippen molar-refractivity contribution in [3.05, 3.63) is 54.2 Å². The van der Waals surface area contributed by atoms with Gasteiger partial charge in [-0.1, -0.05) is 18.2 Å². The molecule has 3 aliphatic rings. The van der Waals surface area contributed by atoms with Gasteiger partial charge in [0.25, 0.3) is 0 Å². The summed E-state index contributed by atoms with van der Waals surface area (Å²) in [4.78, 5) is 24.6. The summed E-state index contributed by atoms with van der Waals surface area (Å²) in [5.74, 6) is 2.93. The minimum Gasteiger partial charge on any atom is -0.490 e. The molecule has 6 heteroatoms. The van der Waals surface area contributed by atoms with E-state index in [9.17, 15) is 4.79 Å². The van der Waals surface area contributed by atoms with E-state index in [1.165, 1.54) is 37.7 Å². The highest BCUT2D eigenvalue weighted by molar-refractivity contribution is 5.76. The van der Waals surface area contributed by atoms with E-state index in [1.807, 2.05) is 12.3 Å². The second-order valence-corrected chi connectivity index (χ2v) is 10.5. The number of rotatable bonds is 8. The topological polar surface area (TPSA) is 48.9 Å². The Morgan fingerprint density at radius 3 is 2.60 bits per heavy atom. The summed E-state index contributed by atoms with van der Waals surface area (Å²) in [5, 5.41) is 0. The second kappa shape index (κ2) is 11.9. The van der Waals surface area contributed by atoms with Gasteiger partial charge in [-0.15, -0.1) is 0 Å². The average Bonchev–Trinajstić information content (AvgIpc) is 3.42. The number of aromatic nitrogens is 1. The lowest BCUT2D eigenvalue weighted by Crippen LogP contribution is -2.50. The van der Waals surface area contributed by atoms with E-state index in [2.05, 4.69) is 56.1 Å². The van der Waals surface area contributed by atoms with Gasteiger partial charge in [0, 0.05) is 58.4 Å². The zero-order chi connectivity index (χ0) is 23.9. The highest BCUT2D eigenvalue weighted by Crippen LogP contribution is 2.25. The molecule has 1 amide bonds. The normalized spacial score (nSPS) is 21.9. The Morgan fingerprint density at radius 1 is 0.943 bits per heavy atom. The molecule has 1 saturated carbocycles. The highest BCUT2D eigenvalue weighted by atomic mass is 16.5. The van der Waals surface area contributed by atoms with Gasteiger partial charge in [0.1, 0.15) is 11.6 Å². The van der Waals surface area contributed by atoms with E-state index in [4.69, 9.17) is 4.74 Å². The SMILES string of the molecule is O=C(CCc1cccc(OC2CCCC2)c1)N1CCCC(CN2CCN(c3ccccn3)CC2)C1. The van der Waals surface area contributed by atoms with Crippen molar-refractivity contribution in [3.63, 3.8) is 0 Å². The molecule has 35 heavy (non-hydrogen) atoms. The summed E-state index contributed by atoms with van der Waals surface area (Å²) in [6.45, 7) is 7.10. The molecule has 188 valence electrons. The lowest BCUT2D eigenvalue weighted by molar-refractivity contribution is -0.133. The summed E-state index contributed by atoms with van der Waals surface area (Å²) in [6.07, 6.45) is 10.8. The summed E-state index contributed by atoms with van der Waals surface area (Å²) in [7, 11) is 0. The Kier molecular flexibility index (Phi) is 8.19. The molecule has 1 aromatic heterocycles. The number of carbonyl (C=O) groups is 1. The second-order valence-electron chi connectivity index (χ2n) is 10.5. The first-order valence-corrected chi connectivity index (χ1v) is 13.6. The molecular weight excluding hydrogens is 436 g/mol. The fraction of sp³-hybridized carbons (Fsp3) is 0.586. The Morgan fingerprint density at radius 2 is 1.80 bits per heavy atom. The molecule has 0 N–H and O–H groups in total. The minimum atomic E-state index is 0.303. The van der Waals surface area contributed by atoms with Gasteiger partial charge in [0.05, 0.1) is 6.10 Å². The molecule has 0 spiro atoms. The predicted molar refractivity (Wildman–Crippen MR) is 140 cm³/mol. The smallest absolute Gasteiger partial charge is 0.222 e. The van der Waals surface area contributed by atoms with Gasteiger partial charge in [-0.2, -0.15) is 0 Å². The lowest BCUT2D eigenvalue weighted by Gasteiger charge is -2.39. The van der Waals surface area contributed by atoms with Crippen molar-refractivity contribution < 1.29 is 9.53 Å². The van der Waals surface area contributed by atoms with Crippen molar-refractivity contribution in [2.75, 3.05) is 50.7 Å². The Labute approximate surface area is 210 Å². The van der Waals surface area contributed by atoms with Gasteiger partial charge in [-0.3, -0.25) is 9.69 Å². The first-order chi connectivity index (χ1) is 17.2. The van der Waals surface area contributed by atoms with Crippen molar-refractivity contribution >= 4 is 11.7 Å². The third-order valence-corrected chi connectivity index (χ3v) is 7.86. The highest BCUT2D eigenvalue weighted by Gasteiger charge is 2.27. The number of benzene rings is 1. The van der Waals surface area contributed by atoms with Crippen molar-refractivity contribution in [1.29, 1.82) is 0 Å². The molecule has 0 bridgehead atoms. The maximum Gasteiger partial charge on any atom is 0.222 e. The number of aryl methyl sites for hydroxylation is 1. The third-order valence-electron chi connectivity index (χ3n) is 7.86. The van der Waals surface area contributed by atoms with Crippen LogP contribution >= 0.6 is 0 Å². The molecule has 2 saturated heterocycles. The standard InChI is InChI=1S/C29H40N4O2/c34-29(14-13-24-7-5-11-27(21-24)35-26-9-1-2-10-26)33-16-6-8-25(23-33)22-31-17-19-32(20-18-31)28-12-3-4-15-30-28/h3-5,7,11-12,15,21,25-26H,1-2,6,8-10,13-14,16-20,22-23H2. The maximum absolute atomic E-state index is 13.0. The number of piperidine rings is 1. The number of hydrogen-bond donors (Lipinski definition) is 0. The summed E-state index contributed by atoms with van der Waals surface area (Å²) in [6, 6.07) is 14.5. The van der Waals surface area contributed by atoms with Crippen LogP contribution in [0, 0.1) is 5.92 Å². The number of pyridine rings is 1. The lowest BCUT2D eigenvalue weighted by atomic mass is 9.96. The minimum absolute atomic E-state index is 0.303. The molecular formula is C29H40N4O2. The van der Waals surface area contributed by atoms with E-state index in [1.54, 1.807) is 0 Å². The van der Waals surface area contributed by atoms with E-state index >= 15 is 0 Å². The molecule has 3 fully saturated rings. The monoisotopic (exact) mass is 476 g/mol. The van der Waals surface area contributed by atoms with Gasteiger partial charge < -0.3 is 14.5 Å². The Hall–Kier alpha value is -2.60. The van der Waals surface area contributed by atoms with Crippen LogP contribution in [0.1, 0.15) is 50.5 Å². The van der Waals surface area contributed by atoms with Crippen molar-refractivity contribution in [2.24, 2.45) is 5.92 Å². The van der Waals surface area contributed by atoms with E-state index in [0.29, 0.717) is 24.3 Å². The maximum atomic E-state index is 13.0. The van der Waals surface area contributed by atoms with E-state index in [0.717, 1.165) is 70.2 Å². The summed E-state index contributed by atoms with van der Waals surface area (Å²) < 4.78 is 6.15. The molecule has 1 atom stereocenters. The molecule has 1 aliphatic carbocycles. The van der Waals surface area contributed by atoms with Crippen molar-refractivity contribution in [3.8, 4) is 5.75 Å². The predicted octanol–water partition coefficient (Wildman–Crippen LogP) is 4.40. The van der Waals surface area contributed by atoms with Crippen LogP contribution < -0.4 is 9.64 Å². The molecule has 0 radical (unpaired) electrons. The molecule has 6 nitrogen and oxygen atoms in total. The zero-order valence-electron chi connectivity index (χ0n) is 21.0. The van der Waals surface area contributed by atoms with Crippen LogP contribution in [-0.2, 0) is 11.2 Å². The molecule has 1 aromatic carbocycles. The molecule has 2 aromatic rings. The van der Waals surface area contributed by atoms with E-state index in [-0.39, 0.29) is 0 Å². The quantitative estimate of drug-likeness (QED) is 0.565. The fourth-order valence-electron chi connectivity index (χ4n) is 5.89. The van der Waals surface area contributed by atoms with Gasteiger partial charge in [0.2, 0.25) is 5.91 Å². The van der Waals surface area contributed by atoms with Crippen LogP contribution in [-0.4, -0.2) is 72.6 Å². The van der Waals surface area contributed by atoms with Crippen molar-refractivity contribution in [2.45, 2.75) is 57.5 Å². The number of ether oxygens (including phenoxy) is 1. The van der Waals surface area contributed by atoms with Gasteiger partial charge in [-0.25, -0.2) is 4.98 Å². The number of nitrogens with zero attached hydrogens (tertiary/aromatic N) is 4. The third kappa shape index (κ3) is 6.75. The average molecular weight is 477 g/mol. The Bertz CT molecular complexity index is 939. The van der Waals surface area contributed by atoms with Crippen LogP contribution in [0.2, 0.25) is 0 Å². The van der Waals surface area contributed by atoms with Gasteiger partial charge >= 0.3 is 0 Å². The number of likely N-dealkylation sites (tertiary alicyclic amines) is 1. The molecule has 3 heterocycles. The van der Waals surface area contributed by atoms with E-state index < -0.39 is 0 Å². The van der Waals surface area contributed by atoms with Crippen LogP contribution in [0.15, 0.2) is 48.7 Å². The number of carbonyl (C=O) groups excluding carboxylic acids is 1. The molecule has 1 unspecified atom stereocenters. The zero-order valence-corrected chi connectivity index (χ0v) is 21.0. The number of amides is 1. The van der Waals surface area contributed by atoms with Crippen molar-refractivity contribution in [1.82, 2.24) is 14.8 Å². The van der Waals surface area contributed by atoms with Gasteiger partial charge in [-0.05, 0) is 80.7 Å². The summed E-state index contributed by atoms with van der Waals surface area (Å²) >= 11 is 0. The largest absolute Gasteiger partial charge is 0.490 e. The fourth-order valence-corrected chi connectivity index (χ4v) is 5.89. The first-order valence-electron chi connectivity index (χ1n) is 13.6. The summed E-state index contributed by atoms with van der Waals surface area (Å²) in [5.41, 5.74) is 1.20. The number of anilines is 1. The van der Waals surface area contributed by atoms with Crippen LogP contribution in [0.25, 0.3) is 0 Å². The number of piperazine rings is 1. The Balaban J connectivity index is 1.05. The van der Waals surface area contributed by atoms with Crippen LogP contribution in [0.3, 0.4) is 0 Å². The van der Waals surface area contributed by atoms with Gasteiger partial charge in [0.15, 0.2) is 0 Å². The van der Waals surface area contributed by atoms with Crippen LogP contribution in [0.5, 0.6) is 5.75 Å². The molecule has 2 aliphatic heterocycles. The van der Waals surface area contributed by atoms with Crippen LogP contribution in [0.4, 0.5) is 5.82 Å².